The zero-order valence-electron chi connectivity index (χ0n) is 17.2. The lowest BCUT2D eigenvalue weighted by atomic mass is 9.96. The molecule has 0 unspecified atom stereocenters. The minimum Gasteiger partial charge on any atom is -0.422 e. The summed E-state index contributed by atoms with van der Waals surface area (Å²) in [7, 11) is 2.02. The molecular weight excluding hydrogens is 418 g/mol. The number of esters is 1. The van der Waals surface area contributed by atoms with E-state index in [4.69, 9.17) is 4.74 Å². The van der Waals surface area contributed by atoms with Gasteiger partial charge >= 0.3 is 5.97 Å². The van der Waals surface area contributed by atoms with E-state index in [1.165, 1.54) is 0 Å². The van der Waals surface area contributed by atoms with E-state index in [-0.39, 0.29) is 11.4 Å². The first-order valence-corrected chi connectivity index (χ1v) is 11.1. The zero-order chi connectivity index (χ0) is 21.8. The van der Waals surface area contributed by atoms with Crippen LogP contribution in [0.25, 0.3) is 38.3 Å². The molecule has 3 heterocycles. The van der Waals surface area contributed by atoms with Crippen molar-refractivity contribution in [1.29, 1.82) is 0 Å². The van der Waals surface area contributed by atoms with Gasteiger partial charge in [0.05, 0.1) is 15.8 Å². The molecule has 0 saturated carbocycles. The number of hydrogen-bond donors (Lipinski definition) is 0. The Kier molecular flexibility index (Phi) is 4.13. The van der Waals surface area contributed by atoms with E-state index in [9.17, 15) is 9.59 Å². The van der Waals surface area contributed by atoms with E-state index >= 15 is 0 Å². The molecule has 0 atom stereocenters. The first kappa shape index (κ1) is 18.8. The van der Waals surface area contributed by atoms with Gasteiger partial charge in [-0.25, -0.2) is 4.79 Å². The predicted octanol–water partition coefficient (Wildman–Crippen LogP) is 6.25. The number of carbonyl (C=O) groups is 2. The van der Waals surface area contributed by atoms with Crippen LogP contribution in [-0.2, 0) is 11.8 Å². The molecule has 1 aliphatic rings. The van der Waals surface area contributed by atoms with Crippen LogP contribution < -0.4 is 4.74 Å². The standard InChI is InChI=1S/C27H17NO3S/c1-28-22(16-7-3-2-4-8-16)15-25-23(28)14-19(32-25)13-21-26(29)20-11-17-9-5-6-10-18(17)12-24(20)31-27(21)30/h2-15H,1H3/b21-13-. The lowest BCUT2D eigenvalue weighted by Crippen LogP contribution is -2.25. The first-order valence-electron chi connectivity index (χ1n) is 10.2. The number of Topliss-reactive ketones (excluding diaryl/α,β-unsaturated/α-hetero) is 1. The van der Waals surface area contributed by atoms with Crippen molar-refractivity contribution in [3.8, 4) is 17.0 Å². The number of benzene rings is 3. The Labute approximate surface area is 188 Å². The average Bonchev–Trinajstić information content (AvgIpc) is 3.34. The molecule has 0 bridgehead atoms. The fourth-order valence-electron chi connectivity index (χ4n) is 4.23. The molecule has 2 aromatic heterocycles. The second-order valence-electron chi connectivity index (χ2n) is 7.83. The molecule has 0 amide bonds. The number of thiophene rings is 1. The molecule has 6 rings (SSSR count). The van der Waals surface area contributed by atoms with Crippen molar-refractivity contribution in [2.45, 2.75) is 0 Å². The summed E-state index contributed by atoms with van der Waals surface area (Å²) >= 11 is 1.55. The topological polar surface area (TPSA) is 48.3 Å². The third kappa shape index (κ3) is 2.90. The molecule has 154 valence electrons. The van der Waals surface area contributed by atoms with Gasteiger partial charge in [-0.05, 0) is 46.7 Å². The summed E-state index contributed by atoms with van der Waals surface area (Å²) in [6.45, 7) is 0. The Morgan fingerprint density at radius 2 is 1.59 bits per heavy atom. The Morgan fingerprint density at radius 1 is 0.875 bits per heavy atom. The molecule has 4 nitrogen and oxygen atoms in total. The molecule has 0 radical (unpaired) electrons. The number of ether oxygens (including phenoxy) is 1. The Bertz CT molecular complexity index is 1590. The smallest absolute Gasteiger partial charge is 0.347 e. The summed E-state index contributed by atoms with van der Waals surface area (Å²) in [6, 6.07) is 25.6. The van der Waals surface area contributed by atoms with Crippen LogP contribution in [0.15, 0.2) is 84.4 Å². The van der Waals surface area contributed by atoms with Crippen molar-refractivity contribution in [3.05, 3.63) is 94.9 Å². The minimum atomic E-state index is -0.611. The maximum Gasteiger partial charge on any atom is 0.347 e. The first-order chi connectivity index (χ1) is 15.6. The molecule has 1 aliphatic heterocycles. The van der Waals surface area contributed by atoms with Crippen LogP contribution in [0.5, 0.6) is 5.75 Å². The second kappa shape index (κ2) is 7.04. The molecule has 0 saturated heterocycles. The third-order valence-corrected chi connectivity index (χ3v) is 6.88. The van der Waals surface area contributed by atoms with Gasteiger partial charge in [-0.1, -0.05) is 54.6 Å². The summed E-state index contributed by atoms with van der Waals surface area (Å²) in [5, 5.41) is 1.87. The summed E-state index contributed by atoms with van der Waals surface area (Å²) < 4.78 is 8.75. The second-order valence-corrected chi connectivity index (χ2v) is 8.94. The van der Waals surface area contributed by atoms with Crippen molar-refractivity contribution in [2.75, 3.05) is 0 Å². The van der Waals surface area contributed by atoms with E-state index in [1.807, 2.05) is 55.6 Å². The van der Waals surface area contributed by atoms with Crippen molar-refractivity contribution in [3.63, 3.8) is 0 Å². The number of carbonyl (C=O) groups excluding carboxylic acids is 2. The monoisotopic (exact) mass is 435 g/mol. The van der Waals surface area contributed by atoms with Crippen LogP contribution in [0, 0.1) is 0 Å². The third-order valence-electron chi connectivity index (χ3n) is 5.87. The van der Waals surface area contributed by atoms with Crippen molar-refractivity contribution in [2.24, 2.45) is 7.05 Å². The largest absolute Gasteiger partial charge is 0.422 e. The SMILES string of the molecule is Cn1c(-c2ccccc2)cc2sc(/C=C3\C(=O)Oc4cc5ccccc5cc4C3=O)cc21. The maximum atomic E-state index is 13.2. The summed E-state index contributed by atoms with van der Waals surface area (Å²) in [4.78, 5) is 26.7. The summed E-state index contributed by atoms with van der Waals surface area (Å²) in [5.74, 6) is -0.593. The van der Waals surface area contributed by atoms with Gasteiger partial charge in [0, 0.05) is 17.6 Å². The average molecular weight is 436 g/mol. The molecule has 0 aliphatic carbocycles. The van der Waals surface area contributed by atoms with Gasteiger partial charge in [-0.3, -0.25) is 4.79 Å². The van der Waals surface area contributed by atoms with Gasteiger partial charge in [0.15, 0.2) is 0 Å². The van der Waals surface area contributed by atoms with E-state index in [0.717, 1.165) is 37.1 Å². The van der Waals surface area contributed by atoms with Crippen molar-refractivity contribution in [1.82, 2.24) is 4.57 Å². The van der Waals surface area contributed by atoms with E-state index in [1.54, 1.807) is 29.5 Å². The summed E-state index contributed by atoms with van der Waals surface area (Å²) in [6.07, 6.45) is 1.65. The normalized spacial score (nSPS) is 14.8. The molecule has 5 aromatic rings. The van der Waals surface area contributed by atoms with Crippen molar-refractivity contribution >= 4 is 50.2 Å². The van der Waals surface area contributed by atoms with Crippen LogP contribution in [0.3, 0.4) is 0 Å². The lowest BCUT2D eigenvalue weighted by molar-refractivity contribution is -0.130. The highest BCUT2D eigenvalue weighted by atomic mass is 32.1. The number of rotatable bonds is 2. The van der Waals surface area contributed by atoms with E-state index < -0.39 is 5.97 Å². The minimum absolute atomic E-state index is 0.0580. The number of fused-ring (bicyclic) bond motifs is 3. The Balaban J connectivity index is 1.41. The zero-order valence-corrected chi connectivity index (χ0v) is 18.0. The van der Waals surface area contributed by atoms with E-state index in [0.29, 0.717) is 11.3 Å². The van der Waals surface area contributed by atoms with Crippen LogP contribution in [-0.4, -0.2) is 16.3 Å². The Hall–Kier alpha value is -3.96. The fraction of sp³-hybridized carbons (Fsp3) is 0.0370. The molecular formula is C27H17NO3S. The highest BCUT2D eigenvalue weighted by Crippen LogP contribution is 2.36. The Morgan fingerprint density at radius 3 is 2.34 bits per heavy atom. The van der Waals surface area contributed by atoms with E-state index in [2.05, 4.69) is 22.8 Å². The number of ketones is 1. The molecule has 0 fully saturated rings. The molecule has 5 heteroatoms. The number of aryl methyl sites for hydroxylation is 1. The molecule has 0 N–H and O–H groups in total. The predicted molar refractivity (Wildman–Crippen MR) is 128 cm³/mol. The molecule has 0 spiro atoms. The van der Waals surface area contributed by atoms with Gasteiger partial charge in [0.1, 0.15) is 11.3 Å². The molecule has 32 heavy (non-hydrogen) atoms. The summed E-state index contributed by atoms with van der Waals surface area (Å²) in [5.41, 5.74) is 3.81. The van der Waals surface area contributed by atoms with Crippen LogP contribution in [0.1, 0.15) is 15.2 Å². The number of nitrogens with zero attached hydrogens (tertiary/aromatic N) is 1. The van der Waals surface area contributed by atoms with Gasteiger partial charge in [0.25, 0.3) is 0 Å². The quantitative estimate of drug-likeness (QED) is 0.143. The highest BCUT2D eigenvalue weighted by molar-refractivity contribution is 7.19. The van der Waals surface area contributed by atoms with Gasteiger partial charge < -0.3 is 9.30 Å². The van der Waals surface area contributed by atoms with Crippen LogP contribution >= 0.6 is 11.3 Å². The van der Waals surface area contributed by atoms with Crippen LogP contribution in [0.4, 0.5) is 0 Å². The van der Waals surface area contributed by atoms with Gasteiger partial charge in [-0.2, -0.15) is 0 Å². The molecule has 3 aromatic carbocycles. The number of aromatic nitrogens is 1. The number of hydrogen-bond acceptors (Lipinski definition) is 4. The lowest BCUT2D eigenvalue weighted by Gasteiger charge is -2.17. The van der Waals surface area contributed by atoms with Gasteiger partial charge in [-0.15, -0.1) is 11.3 Å². The van der Waals surface area contributed by atoms with Gasteiger partial charge in [0.2, 0.25) is 5.78 Å². The van der Waals surface area contributed by atoms with Crippen LogP contribution in [0.2, 0.25) is 0 Å². The maximum absolute atomic E-state index is 13.2. The highest BCUT2D eigenvalue weighted by Gasteiger charge is 2.31. The van der Waals surface area contributed by atoms with Crippen molar-refractivity contribution < 1.29 is 14.3 Å². The fourth-order valence-corrected chi connectivity index (χ4v) is 5.30.